The highest BCUT2D eigenvalue weighted by atomic mass is 35.5. The van der Waals surface area contributed by atoms with E-state index in [-0.39, 0.29) is 5.01 Å². The maximum absolute atomic E-state index is 11.7. The minimum Gasteiger partial charge on any atom is -0.364 e. The summed E-state index contributed by atoms with van der Waals surface area (Å²) in [4.78, 5) is 17.1. The van der Waals surface area contributed by atoms with Crippen molar-refractivity contribution >= 4 is 39.7 Å². The molecule has 6 heteroatoms. The Morgan fingerprint density at radius 2 is 1.88 bits per heavy atom. The Kier molecular flexibility index (Phi) is 3.82. The summed E-state index contributed by atoms with van der Waals surface area (Å²) in [7, 11) is 2.00. The first-order valence-corrected chi connectivity index (χ1v) is 8.86. The number of halogens is 1. The van der Waals surface area contributed by atoms with E-state index in [4.69, 9.17) is 17.3 Å². The third-order valence-corrected chi connectivity index (χ3v) is 5.57. The number of hydrogen-bond acceptors (Lipinski definition) is 3. The zero-order chi connectivity index (χ0) is 17.6. The monoisotopic (exact) mass is 367 g/mol. The Balaban J connectivity index is 2.02. The van der Waals surface area contributed by atoms with Gasteiger partial charge in [-0.2, -0.15) is 0 Å². The third-order valence-electron chi connectivity index (χ3n) is 4.15. The molecule has 4 aromatic rings. The van der Waals surface area contributed by atoms with Crippen LogP contribution in [0.25, 0.3) is 32.7 Å². The van der Waals surface area contributed by atoms with Gasteiger partial charge < -0.3 is 10.3 Å². The molecule has 0 aliphatic rings. The maximum Gasteiger partial charge on any atom is 0.277 e. The van der Waals surface area contributed by atoms with E-state index >= 15 is 0 Å². The molecule has 0 bridgehead atoms. The van der Waals surface area contributed by atoms with Crippen molar-refractivity contribution in [2.24, 2.45) is 12.8 Å². The third kappa shape index (κ3) is 2.62. The van der Waals surface area contributed by atoms with Crippen molar-refractivity contribution in [3.63, 3.8) is 0 Å². The molecule has 0 aliphatic heterocycles. The summed E-state index contributed by atoms with van der Waals surface area (Å²) < 4.78 is 2.09. The number of amides is 1. The lowest BCUT2D eigenvalue weighted by Crippen LogP contribution is -2.10. The fourth-order valence-corrected chi connectivity index (χ4v) is 4.15. The molecular weight excluding hydrogens is 354 g/mol. The lowest BCUT2D eigenvalue weighted by atomic mass is 10.1. The van der Waals surface area contributed by atoms with Crippen molar-refractivity contribution in [3.05, 3.63) is 64.6 Å². The van der Waals surface area contributed by atoms with Gasteiger partial charge in [-0.3, -0.25) is 4.79 Å². The molecule has 0 radical (unpaired) electrons. The predicted molar refractivity (Wildman–Crippen MR) is 103 cm³/mol. The van der Waals surface area contributed by atoms with E-state index in [0.29, 0.717) is 10.7 Å². The van der Waals surface area contributed by atoms with Crippen molar-refractivity contribution in [1.82, 2.24) is 9.55 Å². The number of carbonyl (C=O) groups is 1. The molecule has 0 unspecified atom stereocenters. The molecule has 2 heterocycles. The topological polar surface area (TPSA) is 60.9 Å². The van der Waals surface area contributed by atoms with Gasteiger partial charge >= 0.3 is 0 Å². The van der Waals surface area contributed by atoms with E-state index in [0.717, 1.165) is 27.0 Å². The van der Waals surface area contributed by atoms with E-state index in [9.17, 15) is 4.79 Å². The average Bonchev–Trinajstić information content (AvgIpc) is 3.18. The number of fused-ring (bicyclic) bond motifs is 1. The van der Waals surface area contributed by atoms with Crippen LogP contribution in [0.15, 0.2) is 54.6 Å². The van der Waals surface area contributed by atoms with Crippen LogP contribution in [0.3, 0.4) is 0 Å². The first-order chi connectivity index (χ1) is 12.1. The molecule has 2 aromatic heterocycles. The zero-order valence-corrected chi connectivity index (χ0v) is 14.9. The predicted octanol–water partition coefficient (Wildman–Crippen LogP) is 4.72. The normalized spacial score (nSPS) is 11.1. The Labute approximate surface area is 153 Å². The van der Waals surface area contributed by atoms with Crippen molar-refractivity contribution < 1.29 is 4.79 Å². The number of para-hydroxylation sites is 1. The van der Waals surface area contributed by atoms with E-state index in [2.05, 4.69) is 27.8 Å². The number of thiazole rings is 1. The average molecular weight is 368 g/mol. The number of hydrogen-bond donors (Lipinski definition) is 1. The van der Waals surface area contributed by atoms with Crippen molar-refractivity contribution in [2.45, 2.75) is 0 Å². The molecular formula is C19H14ClN3OS. The summed E-state index contributed by atoms with van der Waals surface area (Å²) in [6.45, 7) is 0. The largest absolute Gasteiger partial charge is 0.364 e. The van der Waals surface area contributed by atoms with Crippen LogP contribution in [0.4, 0.5) is 0 Å². The van der Waals surface area contributed by atoms with Crippen LogP contribution in [0.5, 0.6) is 0 Å². The number of carbonyl (C=O) groups excluding carboxylic acids is 1. The molecule has 0 atom stereocenters. The van der Waals surface area contributed by atoms with Crippen LogP contribution in [0.2, 0.25) is 5.02 Å². The molecule has 0 aliphatic carbocycles. The van der Waals surface area contributed by atoms with E-state index < -0.39 is 5.91 Å². The number of aromatic nitrogens is 2. The van der Waals surface area contributed by atoms with Gasteiger partial charge in [0.1, 0.15) is 0 Å². The van der Waals surface area contributed by atoms with Crippen LogP contribution in [0.1, 0.15) is 9.80 Å². The van der Waals surface area contributed by atoms with Gasteiger partial charge in [-0.1, -0.05) is 48.0 Å². The van der Waals surface area contributed by atoms with E-state index in [1.807, 2.05) is 43.4 Å². The van der Waals surface area contributed by atoms with Gasteiger partial charge in [-0.05, 0) is 18.2 Å². The Hall–Kier alpha value is -2.63. The first kappa shape index (κ1) is 15.9. The van der Waals surface area contributed by atoms with Gasteiger partial charge in [0.15, 0.2) is 5.01 Å². The lowest BCUT2D eigenvalue weighted by Gasteiger charge is -2.06. The summed E-state index contributed by atoms with van der Waals surface area (Å²) in [5, 5.41) is 1.98. The molecule has 0 fully saturated rings. The Bertz CT molecular complexity index is 1110. The van der Waals surface area contributed by atoms with E-state index in [1.165, 1.54) is 11.3 Å². The highest BCUT2D eigenvalue weighted by Gasteiger charge is 2.21. The van der Waals surface area contributed by atoms with Crippen LogP contribution >= 0.6 is 22.9 Å². The lowest BCUT2D eigenvalue weighted by molar-refractivity contribution is 0.1000. The maximum atomic E-state index is 11.7. The fourth-order valence-electron chi connectivity index (χ4n) is 2.94. The molecule has 2 N–H and O–H groups in total. The summed E-state index contributed by atoms with van der Waals surface area (Å²) in [6, 6.07) is 17.7. The number of primary amides is 1. The van der Waals surface area contributed by atoms with Gasteiger partial charge in [0.05, 0.1) is 21.3 Å². The molecule has 25 heavy (non-hydrogen) atoms. The Morgan fingerprint density at radius 1 is 1.16 bits per heavy atom. The van der Waals surface area contributed by atoms with Crippen LogP contribution in [0, 0.1) is 0 Å². The number of rotatable bonds is 3. The second-order valence-electron chi connectivity index (χ2n) is 5.69. The summed E-state index contributed by atoms with van der Waals surface area (Å²) >= 11 is 7.66. The van der Waals surface area contributed by atoms with Gasteiger partial charge in [-0.15, -0.1) is 11.3 Å². The molecule has 1 amide bonds. The fraction of sp³-hybridized carbons (Fsp3) is 0.0526. The molecule has 0 spiro atoms. The molecule has 4 nitrogen and oxygen atoms in total. The van der Waals surface area contributed by atoms with Crippen molar-refractivity contribution in [2.75, 3.05) is 0 Å². The minimum absolute atomic E-state index is 0.273. The number of aryl methyl sites for hydroxylation is 1. The number of benzene rings is 2. The first-order valence-electron chi connectivity index (χ1n) is 7.66. The smallest absolute Gasteiger partial charge is 0.277 e. The number of nitrogens with zero attached hydrogens (tertiary/aromatic N) is 2. The number of nitrogens with two attached hydrogens (primary N) is 1. The van der Waals surface area contributed by atoms with Gasteiger partial charge in [0.25, 0.3) is 5.91 Å². The van der Waals surface area contributed by atoms with Crippen molar-refractivity contribution in [3.8, 4) is 21.8 Å². The second kappa shape index (κ2) is 6.02. The molecule has 4 rings (SSSR count). The zero-order valence-electron chi connectivity index (χ0n) is 13.4. The second-order valence-corrected chi connectivity index (χ2v) is 7.09. The highest BCUT2D eigenvalue weighted by molar-refractivity contribution is 7.17. The molecule has 0 saturated heterocycles. The van der Waals surface area contributed by atoms with Crippen LogP contribution in [-0.4, -0.2) is 15.5 Å². The van der Waals surface area contributed by atoms with E-state index in [1.54, 1.807) is 0 Å². The molecule has 2 aromatic carbocycles. The van der Waals surface area contributed by atoms with Gasteiger partial charge in [-0.25, -0.2) is 4.98 Å². The van der Waals surface area contributed by atoms with Crippen LogP contribution in [-0.2, 0) is 7.05 Å². The highest BCUT2D eigenvalue weighted by Crippen LogP contribution is 2.41. The summed E-state index contributed by atoms with van der Waals surface area (Å²) in [6.07, 6.45) is 0. The van der Waals surface area contributed by atoms with Gasteiger partial charge in [0, 0.05) is 23.5 Å². The summed E-state index contributed by atoms with van der Waals surface area (Å²) in [5.74, 6) is -0.539. The summed E-state index contributed by atoms with van der Waals surface area (Å²) in [5.41, 5.74) is 9.02. The van der Waals surface area contributed by atoms with Crippen LogP contribution < -0.4 is 5.73 Å². The van der Waals surface area contributed by atoms with Gasteiger partial charge in [0.2, 0.25) is 0 Å². The standard InChI is InChI=1S/C19H14ClN3OS/c1-23-14-9-5-2-6-11(14)10-15(23)17-16(22-19(25-17)18(21)24)12-7-3-4-8-13(12)20/h2-10H,1H3,(H2,21,24). The quantitative estimate of drug-likeness (QED) is 0.569. The molecule has 0 saturated carbocycles. The van der Waals surface area contributed by atoms with Crippen molar-refractivity contribution in [1.29, 1.82) is 0 Å². The Morgan fingerprint density at radius 3 is 2.60 bits per heavy atom. The SMILES string of the molecule is Cn1c(-c2sc(C(N)=O)nc2-c2ccccc2Cl)cc2ccccc21. The minimum atomic E-state index is -0.539. The molecule has 124 valence electrons.